The third-order valence-electron chi connectivity index (χ3n) is 3.59. The molecule has 1 heterocycles. The Morgan fingerprint density at radius 2 is 2.00 bits per heavy atom. The summed E-state index contributed by atoms with van der Waals surface area (Å²) >= 11 is 4.67. The number of aliphatic imine (C=N–C) groups is 1. The molecule has 6 heteroatoms. The van der Waals surface area contributed by atoms with Crippen LogP contribution in [0.2, 0.25) is 0 Å². The van der Waals surface area contributed by atoms with Gasteiger partial charge in [-0.25, -0.2) is 4.99 Å². The largest absolute Gasteiger partial charge is 0.507 e. The number of thioether (sulfide) groups is 1. The first-order valence-corrected chi connectivity index (χ1v) is 9.53. The van der Waals surface area contributed by atoms with E-state index < -0.39 is 0 Å². The maximum Gasteiger partial charge on any atom is 0.266 e. The Morgan fingerprint density at radius 1 is 1.24 bits per heavy atom. The minimum absolute atomic E-state index is 0.0364. The van der Waals surface area contributed by atoms with Crippen molar-refractivity contribution in [3.8, 4) is 5.75 Å². The molecular weight excluding hydrogens is 400 g/mol. The van der Waals surface area contributed by atoms with Crippen molar-refractivity contribution in [1.82, 2.24) is 4.90 Å². The highest BCUT2D eigenvalue weighted by molar-refractivity contribution is 9.10. The highest BCUT2D eigenvalue weighted by Gasteiger charge is 2.32. The van der Waals surface area contributed by atoms with Gasteiger partial charge in [0.2, 0.25) is 0 Å². The Bertz CT molecular complexity index is 850. The van der Waals surface area contributed by atoms with Gasteiger partial charge >= 0.3 is 0 Å². The van der Waals surface area contributed by atoms with E-state index in [4.69, 9.17) is 0 Å². The summed E-state index contributed by atoms with van der Waals surface area (Å²) in [6, 6.07) is 14.8. The fourth-order valence-electron chi connectivity index (χ4n) is 2.39. The van der Waals surface area contributed by atoms with Crippen molar-refractivity contribution in [2.45, 2.75) is 13.3 Å². The second-order valence-corrected chi connectivity index (χ2v) is 7.37. The van der Waals surface area contributed by atoms with Gasteiger partial charge in [-0.2, -0.15) is 0 Å². The number of phenols is 1. The van der Waals surface area contributed by atoms with Gasteiger partial charge in [-0.1, -0.05) is 31.2 Å². The maximum atomic E-state index is 12.7. The standard InChI is InChI=1S/C19H17BrN2O2S/c1-2-10-22-18(24)17(12-13-8-9-16(23)15(20)11-13)25-19(22)21-14-6-4-3-5-7-14/h3-9,11-12,23H,2,10H2,1H3/b17-12+,21-19?. The van der Waals surface area contributed by atoms with Gasteiger partial charge in [0.1, 0.15) is 5.75 Å². The van der Waals surface area contributed by atoms with Crippen LogP contribution in [-0.4, -0.2) is 27.6 Å². The van der Waals surface area contributed by atoms with Crippen molar-refractivity contribution in [2.75, 3.05) is 6.54 Å². The molecule has 0 aromatic heterocycles. The van der Waals surface area contributed by atoms with Gasteiger partial charge in [0.15, 0.2) is 5.17 Å². The van der Waals surface area contributed by atoms with Crippen LogP contribution < -0.4 is 0 Å². The summed E-state index contributed by atoms with van der Waals surface area (Å²) < 4.78 is 0.598. The summed E-state index contributed by atoms with van der Waals surface area (Å²) in [6.07, 6.45) is 2.69. The zero-order valence-corrected chi connectivity index (χ0v) is 16.0. The van der Waals surface area contributed by atoms with Crippen LogP contribution in [0, 0.1) is 0 Å². The second kappa shape index (κ2) is 7.89. The number of carbonyl (C=O) groups is 1. The molecule has 0 atom stereocenters. The van der Waals surface area contributed by atoms with E-state index in [0.29, 0.717) is 21.1 Å². The third kappa shape index (κ3) is 4.14. The monoisotopic (exact) mass is 416 g/mol. The fourth-order valence-corrected chi connectivity index (χ4v) is 3.81. The van der Waals surface area contributed by atoms with Crippen molar-refractivity contribution in [1.29, 1.82) is 0 Å². The molecular formula is C19H17BrN2O2S. The normalized spacial score (nSPS) is 17.7. The lowest BCUT2D eigenvalue weighted by atomic mass is 10.2. The van der Waals surface area contributed by atoms with Crippen LogP contribution in [0.4, 0.5) is 5.69 Å². The molecule has 0 aliphatic carbocycles. The zero-order chi connectivity index (χ0) is 17.8. The fraction of sp³-hybridized carbons (Fsp3) is 0.158. The number of para-hydroxylation sites is 1. The molecule has 1 amide bonds. The van der Waals surface area contributed by atoms with Gasteiger partial charge in [-0.15, -0.1) is 0 Å². The van der Waals surface area contributed by atoms with Crippen LogP contribution in [0.25, 0.3) is 6.08 Å². The number of benzene rings is 2. The van der Waals surface area contributed by atoms with Crippen molar-refractivity contribution >= 4 is 50.5 Å². The van der Waals surface area contributed by atoms with E-state index in [9.17, 15) is 9.90 Å². The van der Waals surface area contributed by atoms with Crippen molar-refractivity contribution in [2.24, 2.45) is 4.99 Å². The van der Waals surface area contributed by atoms with Gasteiger partial charge in [0, 0.05) is 6.54 Å². The van der Waals surface area contributed by atoms with Crippen LogP contribution in [0.3, 0.4) is 0 Å². The highest BCUT2D eigenvalue weighted by Crippen LogP contribution is 2.35. The number of hydrogen-bond donors (Lipinski definition) is 1. The van der Waals surface area contributed by atoms with Crippen LogP contribution in [0.1, 0.15) is 18.9 Å². The number of halogens is 1. The van der Waals surface area contributed by atoms with Crippen molar-refractivity contribution in [3.05, 3.63) is 63.5 Å². The number of rotatable bonds is 4. The number of amides is 1. The smallest absolute Gasteiger partial charge is 0.266 e. The molecule has 1 fully saturated rings. The Labute approximate surface area is 159 Å². The number of hydrogen-bond acceptors (Lipinski definition) is 4. The van der Waals surface area contributed by atoms with Crippen LogP contribution in [0.5, 0.6) is 5.75 Å². The summed E-state index contributed by atoms with van der Waals surface area (Å²) in [5.74, 6) is 0.136. The first-order valence-electron chi connectivity index (χ1n) is 7.92. The molecule has 2 aromatic carbocycles. The lowest BCUT2D eigenvalue weighted by Crippen LogP contribution is -2.29. The molecule has 128 valence electrons. The summed E-state index contributed by atoms with van der Waals surface area (Å²) in [7, 11) is 0. The van der Waals surface area contributed by atoms with E-state index in [1.165, 1.54) is 11.8 Å². The molecule has 25 heavy (non-hydrogen) atoms. The number of nitrogens with zero attached hydrogens (tertiary/aromatic N) is 2. The highest BCUT2D eigenvalue weighted by atomic mass is 79.9. The SMILES string of the molecule is CCCN1C(=O)/C(=C\c2ccc(O)c(Br)c2)SC1=Nc1ccccc1. The Kier molecular flexibility index (Phi) is 5.60. The number of aromatic hydroxyl groups is 1. The summed E-state index contributed by atoms with van der Waals surface area (Å²) in [5, 5.41) is 10.3. The van der Waals surface area contributed by atoms with E-state index in [-0.39, 0.29) is 11.7 Å². The summed E-state index contributed by atoms with van der Waals surface area (Å²) in [4.78, 5) is 19.7. The molecule has 0 unspecified atom stereocenters. The Balaban J connectivity index is 1.94. The third-order valence-corrected chi connectivity index (χ3v) is 5.23. The maximum absolute atomic E-state index is 12.7. The first kappa shape index (κ1) is 17.8. The number of amidine groups is 1. The molecule has 0 spiro atoms. The van der Waals surface area contributed by atoms with Crippen molar-refractivity contribution in [3.63, 3.8) is 0 Å². The molecule has 1 aliphatic heterocycles. The van der Waals surface area contributed by atoms with Gasteiger partial charge in [-0.3, -0.25) is 9.69 Å². The molecule has 2 aromatic rings. The lowest BCUT2D eigenvalue weighted by molar-refractivity contribution is -0.122. The molecule has 1 aliphatic rings. The zero-order valence-electron chi connectivity index (χ0n) is 13.6. The van der Waals surface area contributed by atoms with E-state index in [0.717, 1.165) is 17.7 Å². The summed E-state index contributed by atoms with van der Waals surface area (Å²) in [5.41, 5.74) is 1.67. The van der Waals surface area contributed by atoms with E-state index in [2.05, 4.69) is 20.9 Å². The Morgan fingerprint density at radius 3 is 2.68 bits per heavy atom. The second-order valence-electron chi connectivity index (χ2n) is 5.51. The first-order chi connectivity index (χ1) is 12.1. The van der Waals surface area contributed by atoms with Gasteiger partial charge in [0.05, 0.1) is 15.1 Å². The van der Waals surface area contributed by atoms with E-state index >= 15 is 0 Å². The molecule has 3 rings (SSSR count). The van der Waals surface area contributed by atoms with Gasteiger partial charge in [0.25, 0.3) is 5.91 Å². The summed E-state index contributed by atoms with van der Waals surface area (Å²) in [6.45, 7) is 2.67. The molecule has 0 bridgehead atoms. The Hall–Kier alpha value is -2.05. The lowest BCUT2D eigenvalue weighted by Gasteiger charge is -2.13. The molecule has 0 radical (unpaired) electrons. The molecule has 1 saturated heterocycles. The average Bonchev–Trinajstić information content (AvgIpc) is 2.88. The average molecular weight is 417 g/mol. The molecule has 4 nitrogen and oxygen atoms in total. The van der Waals surface area contributed by atoms with Crippen LogP contribution in [-0.2, 0) is 4.79 Å². The predicted molar refractivity (Wildman–Crippen MR) is 107 cm³/mol. The minimum Gasteiger partial charge on any atom is -0.507 e. The predicted octanol–water partition coefficient (Wildman–Crippen LogP) is 5.17. The topological polar surface area (TPSA) is 52.9 Å². The minimum atomic E-state index is -0.0364. The molecule has 1 N–H and O–H groups in total. The van der Waals surface area contributed by atoms with Crippen LogP contribution in [0.15, 0.2) is 62.9 Å². The van der Waals surface area contributed by atoms with Crippen LogP contribution >= 0.6 is 27.7 Å². The van der Waals surface area contributed by atoms with Crippen molar-refractivity contribution < 1.29 is 9.90 Å². The van der Waals surface area contributed by atoms with Gasteiger partial charge < -0.3 is 5.11 Å². The van der Waals surface area contributed by atoms with E-state index in [1.807, 2.05) is 43.3 Å². The number of phenolic OH excluding ortho intramolecular Hbond substituents is 1. The quantitative estimate of drug-likeness (QED) is 0.699. The van der Waals surface area contributed by atoms with Gasteiger partial charge in [-0.05, 0) is 70.0 Å². The molecule has 0 saturated carbocycles. The number of carbonyl (C=O) groups excluding carboxylic acids is 1. The van der Waals surface area contributed by atoms with E-state index in [1.54, 1.807) is 23.1 Å².